The molecule has 0 unspecified atom stereocenters. The van der Waals surface area contributed by atoms with Gasteiger partial charge in [-0.1, -0.05) is 0 Å². The molecule has 0 spiro atoms. The number of azide groups is 1. The Morgan fingerprint density at radius 3 is 2.55 bits per heavy atom. The first kappa shape index (κ1) is 9.86. The number of carbonyl (C=O) groups is 1. The van der Waals surface area contributed by atoms with Gasteiger partial charge in [0, 0.05) is 4.91 Å². The number of rotatable bonds is 3. The Bertz CT molecular complexity index is 188. The summed E-state index contributed by atoms with van der Waals surface area (Å²) in [6.07, 6.45) is -3.45. The van der Waals surface area contributed by atoms with E-state index in [1.165, 1.54) is 0 Å². The maximum Gasteiger partial charge on any atom is 0.250 e. The van der Waals surface area contributed by atoms with Crippen molar-refractivity contribution in [2.75, 3.05) is 6.61 Å². The minimum absolute atomic E-state index is 0.770. The third kappa shape index (κ3) is 2.96. The van der Waals surface area contributed by atoms with Crippen molar-refractivity contribution in [3.05, 3.63) is 10.4 Å². The molecule has 1 amide bonds. The van der Waals surface area contributed by atoms with Gasteiger partial charge in [0.05, 0.1) is 6.61 Å². The molecule has 0 rings (SSSR count). The molecule has 0 aromatic heterocycles. The number of aliphatic hydroxyl groups excluding tert-OH is 3. The number of carbonyl (C=O) groups excluding carboxylic acids is 1. The van der Waals surface area contributed by atoms with E-state index >= 15 is 0 Å². The fourth-order valence-corrected chi connectivity index (χ4v) is 0.368. The van der Waals surface area contributed by atoms with Gasteiger partial charge in [0.15, 0.2) is 0 Å². The van der Waals surface area contributed by atoms with Crippen LogP contribution < -0.4 is 0 Å². The summed E-state index contributed by atoms with van der Waals surface area (Å²) < 4.78 is 0. The van der Waals surface area contributed by atoms with Crippen molar-refractivity contribution in [1.29, 1.82) is 0 Å². The molecule has 0 aromatic rings. The Balaban J connectivity index is 4.12. The molecule has 0 saturated heterocycles. The van der Waals surface area contributed by atoms with Gasteiger partial charge in [-0.05, 0) is 10.6 Å². The third-order valence-electron chi connectivity index (χ3n) is 0.948. The topological polar surface area (TPSA) is 127 Å². The standard InChI is InChI=1S/C4H7N3O4/c5-7-6-4(11)3(10)2(9)1-8/h2-3,8-10H,1H2/t2-,3-/m1/s1. The fraction of sp³-hybridized carbons (Fsp3) is 0.750. The van der Waals surface area contributed by atoms with Crippen LogP contribution in [0.15, 0.2) is 5.11 Å². The second kappa shape index (κ2) is 4.64. The van der Waals surface area contributed by atoms with Crippen LogP contribution in [0.5, 0.6) is 0 Å². The largest absolute Gasteiger partial charge is 0.394 e. The van der Waals surface area contributed by atoms with E-state index in [0.29, 0.717) is 0 Å². The molecule has 0 aliphatic carbocycles. The quantitative estimate of drug-likeness (QED) is 0.265. The number of nitrogens with zero attached hydrogens (tertiary/aromatic N) is 3. The zero-order valence-electron chi connectivity index (χ0n) is 5.45. The van der Waals surface area contributed by atoms with Crippen molar-refractivity contribution in [2.45, 2.75) is 12.2 Å². The molecule has 0 saturated carbocycles. The average molecular weight is 161 g/mol. The molecular weight excluding hydrogens is 154 g/mol. The average Bonchev–Trinajstić information content (AvgIpc) is 2.02. The van der Waals surface area contributed by atoms with E-state index in [9.17, 15) is 4.79 Å². The summed E-state index contributed by atoms with van der Waals surface area (Å²) in [5.41, 5.74) is 7.72. The van der Waals surface area contributed by atoms with Gasteiger partial charge in [-0.25, -0.2) is 0 Å². The summed E-state index contributed by atoms with van der Waals surface area (Å²) in [6.45, 7) is -0.770. The van der Waals surface area contributed by atoms with Gasteiger partial charge >= 0.3 is 0 Å². The van der Waals surface area contributed by atoms with Gasteiger partial charge in [0.25, 0.3) is 0 Å². The Kier molecular flexibility index (Phi) is 4.16. The van der Waals surface area contributed by atoms with E-state index in [0.717, 1.165) is 0 Å². The second-order valence-electron chi connectivity index (χ2n) is 1.72. The maximum absolute atomic E-state index is 10.4. The molecule has 7 nitrogen and oxygen atoms in total. The summed E-state index contributed by atoms with van der Waals surface area (Å²) in [5.74, 6) is -1.21. The molecule has 0 bridgehead atoms. The molecule has 62 valence electrons. The molecule has 0 heterocycles. The molecular formula is C4H7N3O4. The van der Waals surface area contributed by atoms with Crippen molar-refractivity contribution in [3.8, 4) is 0 Å². The van der Waals surface area contributed by atoms with E-state index in [1.807, 2.05) is 0 Å². The highest BCUT2D eigenvalue weighted by atomic mass is 16.4. The Labute approximate surface area is 61.5 Å². The summed E-state index contributed by atoms with van der Waals surface area (Å²) in [4.78, 5) is 12.5. The van der Waals surface area contributed by atoms with Crippen molar-refractivity contribution in [3.63, 3.8) is 0 Å². The molecule has 0 aliphatic rings. The summed E-state index contributed by atoms with van der Waals surface area (Å²) in [6, 6.07) is 0. The first-order valence-corrected chi connectivity index (χ1v) is 2.69. The van der Waals surface area contributed by atoms with Crippen LogP contribution in [-0.4, -0.2) is 40.0 Å². The maximum atomic E-state index is 10.4. The number of hydrogen-bond donors (Lipinski definition) is 3. The van der Waals surface area contributed by atoms with Crippen LogP contribution in [-0.2, 0) is 4.79 Å². The van der Waals surface area contributed by atoms with Crippen LogP contribution in [0.1, 0.15) is 0 Å². The number of amides is 1. The van der Waals surface area contributed by atoms with Crippen LogP contribution in [0, 0.1) is 0 Å². The lowest BCUT2D eigenvalue weighted by molar-refractivity contribution is -0.133. The van der Waals surface area contributed by atoms with Crippen LogP contribution in [0.25, 0.3) is 10.4 Å². The van der Waals surface area contributed by atoms with Gasteiger partial charge in [0.2, 0.25) is 5.91 Å². The number of aliphatic hydroxyl groups is 3. The van der Waals surface area contributed by atoms with Crippen molar-refractivity contribution in [1.82, 2.24) is 0 Å². The highest BCUT2D eigenvalue weighted by molar-refractivity contribution is 5.81. The van der Waals surface area contributed by atoms with Gasteiger partial charge in [0.1, 0.15) is 12.2 Å². The predicted molar refractivity (Wildman–Crippen MR) is 33.3 cm³/mol. The normalized spacial score (nSPS) is 14.8. The molecule has 3 N–H and O–H groups in total. The summed E-state index contributed by atoms with van der Waals surface area (Å²) in [5, 5.41) is 28.1. The Hall–Kier alpha value is -1.14. The lowest BCUT2D eigenvalue weighted by atomic mass is 10.2. The molecule has 2 atom stereocenters. The van der Waals surface area contributed by atoms with Crippen molar-refractivity contribution >= 4 is 5.91 Å². The number of hydrogen-bond acceptors (Lipinski definition) is 4. The molecule has 0 fully saturated rings. The Morgan fingerprint density at radius 1 is 1.64 bits per heavy atom. The van der Waals surface area contributed by atoms with E-state index in [4.69, 9.17) is 20.9 Å². The zero-order valence-corrected chi connectivity index (χ0v) is 5.45. The lowest BCUT2D eigenvalue weighted by Gasteiger charge is -2.10. The van der Waals surface area contributed by atoms with Gasteiger partial charge in [-0.2, -0.15) is 0 Å². The van der Waals surface area contributed by atoms with Crippen LogP contribution >= 0.6 is 0 Å². The van der Waals surface area contributed by atoms with Gasteiger partial charge < -0.3 is 15.3 Å². The second-order valence-corrected chi connectivity index (χ2v) is 1.72. The van der Waals surface area contributed by atoms with Crippen LogP contribution in [0.2, 0.25) is 0 Å². The zero-order chi connectivity index (χ0) is 8.85. The van der Waals surface area contributed by atoms with E-state index in [1.54, 1.807) is 0 Å². The highest BCUT2D eigenvalue weighted by Gasteiger charge is 2.21. The van der Waals surface area contributed by atoms with Gasteiger partial charge in [-0.3, -0.25) is 4.79 Å². The third-order valence-corrected chi connectivity index (χ3v) is 0.948. The van der Waals surface area contributed by atoms with Gasteiger partial charge in [-0.15, -0.1) is 0 Å². The highest BCUT2D eigenvalue weighted by Crippen LogP contribution is 1.95. The van der Waals surface area contributed by atoms with Crippen LogP contribution in [0.3, 0.4) is 0 Å². The molecule has 0 aromatic carbocycles. The van der Waals surface area contributed by atoms with E-state index in [2.05, 4.69) is 10.0 Å². The SMILES string of the molecule is [N-]=[N+]=NC(=O)[C@H](O)[C@H](O)CO. The smallest absolute Gasteiger partial charge is 0.250 e. The molecule has 0 aliphatic heterocycles. The molecule has 0 radical (unpaired) electrons. The fourth-order valence-electron chi connectivity index (χ4n) is 0.368. The first-order chi connectivity index (χ1) is 5.13. The van der Waals surface area contributed by atoms with Crippen molar-refractivity contribution < 1.29 is 20.1 Å². The predicted octanol–water partition coefficient (Wildman–Crippen LogP) is -1.46. The molecule has 7 heteroatoms. The minimum Gasteiger partial charge on any atom is -0.394 e. The lowest BCUT2D eigenvalue weighted by Crippen LogP contribution is -2.35. The van der Waals surface area contributed by atoms with E-state index < -0.39 is 24.7 Å². The first-order valence-electron chi connectivity index (χ1n) is 2.69. The Morgan fingerprint density at radius 2 is 2.18 bits per heavy atom. The summed E-state index contributed by atoms with van der Waals surface area (Å²) >= 11 is 0. The van der Waals surface area contributed by atoms with E-state index in [-0.39, 0.29) is 0 Å². The molecule has 11 heavy (non-hydrogen) atoms. The van der Waals surface area contributed by atoms with Crippen LogP contribution in [0.4, 0.5) is 0 Å². The summed E-state index contributed by atoms with van der Waals surface area (Å²) in [7, 11) is 0. The monoisotopic (exact) mass is 161 g/mol. The minimum atomic E-state index is -1.85. The van der Waals surface area contributed by atoms with Crippen molar-refractivity contribution in [2.24, 2.45) is 5.11 Å².